The van der Waals surface area contributed by atoms with Crippen molar-refractivity contribution in [3.63, 3.8) is 0 Å². The number of aliphatic hydroxyl groups excluding tert-OH is 1. The monoisotopic (exact) mass is 309 g/mol. The van der Waals surface area contributed by atoms with Crippen molar-refractivity contribution in [1.29, 1.82) is 0 Å². The third kappa shape index (κ3) is 2.97. The Morgan fingerprint density at radius 1 is 1.30 bits per heavy atom. The molecule has 2 rings (SSSR count). The summed E-state index contributed by atoms with van der Waals surface area (Å²) in [6.07, 6.45) is -4.64. The number of halogens is 3. The van der Waals surface area contributed by atoms with Crippen LogP contribution in [0.3, 0.4) is 0 Å². The van der Waals surface area contributed by atoms with Gasteiger partial charge in [0.05, 0.1) is 24.0 Å². The molecule has 0 aromatic heterocycles. The molecule has 1 aromatic carbocycles. The van der Waals surface area contributed by atoms with E-state index in [0.29, 0.717) is 0 Å². The van der Waals surface area contributed by atoms with E-state index in [1.165, 1.54) is 18.2 Å². The van der Waals surface area contributed by atoms with Crippen LogP contribution in [0.25, 0.3) is 0 Å². The van der Waals surface area contributed by atoms with E-state index in [-0.39, 0.29) is 18.5 Å². The molecule has 4 nitrogen and oxygen atoms in total. The van der Waals surface area contributed by atoms with E-state index in [1.807, 2.05) is 0 Å². The van der Waals surface area contributed by atoms with E-state index in [4.69, 9.17) is 0 Å². The summed E-state index contributed by atoms with van der Waals surface area (Å²) in [5, 5.41) is 9.60. The maximum absolute atomic E-state index is 13.0. The number of β-amino-alcohol motifs (C(OH)–C–C–N with tert-alkyl or cyclic N) is 1. The lowest BCUT2D eigenvalue weighted by Gasteiger charge is -2.24. The number of hydrogen-bond acceptors (Lipinski definition) is 3. The zero-order valence-corrected chi connectivity index (χ0v) is 11.4. The average molecular weight is 309 g/mol. The van der Waals surface area contributed by atoms with Crippen molar-refractivity contribution >= 4 is 10.0 Å². The molecule has 1 aliphatic rings. The molecular formula is C12H14F3NO3S. The van der Waals surface area contributed by atoms with Crippen LogP contribution < -0.4 is 0 Å². The Hall–Kier alpha value is -1.12. The smallest absolute Gasteiger partial charge is 0.392 e. The van der Waals surface area contributed by atoms with Gasteiger partial charge in [0, 0.05) is 6.54 Å². The molecule has 20 heavy (non-hydrogen) atoms. The minimum Gasteiger partial charge on any atom is -0.392 e. The van der Waals surface area contributed by atoms with Gasteiger partial charge in [0.1, 0.15) is 0 Å². The molecule has 8 heteroatoms. The number of aliphatic hydroxyl groups is 1. The van der Waals surface area contributed by atoms with Crippen molar-refractivity contribution in [3.8, 4) is 0 Å². The van der Waals surface area contributed by atoms with E-state index in [9.17, 15) is 26.7 Å². The van der Waals surface area contributed by atoms with Gasteiger partial charge < -0.3 is 5.11 Å². The van der Waals surface area contributed by atoms with Gasteiger partial charge in [0.2, 0.25) is 10.0 Å². The van der Waals surface area contributed by atoms with Crippen LogP contribution in [-0.4, -0.2) is 36.7 Å². The quantitative estimate of drug-likeness (QED) is 0.906. The van der Waals surface area contributed by atoms with Crippen LogP contribution in [0.15, 0.2) is 24.3 Å². The molecular weight excluding hydrogens is 295 g/mol. The molecule has 1 N–H and O–H groups in total. The predicted molar refractivity (Wildman–Crippen MR) is 66.4 cm³/mol. The zero-order valence-electron chi connectivity index (χ0n) is 10.6. The summed E-state index contributed by atoms with van der Waals surface area (Å²) in [7, 11) is -3.69. The van der Waals surface area contributed by atoms with E-state index in [1.54, 1.807) is 0 Å². The molecule has 1 saturated heterocycles. The third-order valence-corrected chi connectivity index (χ3v) is 4.54. The molecule has 1 aromatic rings. The van der Waals surface area contributed by atoms with Crippen LogP contribution in [0.5, 0.6) is 0 Å². The maximum Gasteiger partial charge on any atom is 0.416 e. The summed E-state index contributed by atoms with van der Waals surface area (Å²) in [5.74, 6) is 0. The lowest BCUT2D eigenvalue weighted by Crippen LogP contribution is -2.31. The van der Waals surface area contributed by atoms with Crippen molar-refractivity contribution in [2.45, 2.75) is 24.7 Å². The highest BCUT2D eigenvalue weighted by molar-refractivity contribution is 7.88. The largest absolute Gasteiger partial charge is 0.416 e. The second kappa shape index (κ2) is 5.01. The summed E-state index contributed by atoms with van der Waals surface area (Å²) in [4.78, 5) is 0. The summed E-state index contributed by atoms with van der Waals surface area (Å²) >= 11 is 0. The Kier molecular flexibility index (Phi) is 3.83. The molecule has 2 atom stereocenters. The highest BCUT2D eigenvalue weighted by Gasteiger charge is 2.42. The highest BCUT2D eigenvalue weighted by Crippen LogP contribution is 2.41. The molecule has 0 bridgehead atoms. The Morgan fingerprint density at radius 2 is 1.90 bits per heavy atom. The predicted octanol–water partition coefficient (Wildman–Crippen LogP) is 1.77. The van der Waals surface area contributed by atoms with Crippen LogP contribution in [-0.2, 0) is 16.2 Å². The number of benzene rings is 1. The second-order valence-corrected chi connectivity index (χ2v) is 6.76. The normalized spacial score (nSPS) is 25.1. The van der Waals surface area contributed by atoms with Crippen LogP contribution in [0, 0.1) is 0 Å². The fraction of sp³-hybridized carbons (Fsp3) is 0.500. The van der Waals surface area contributed by atoms with Gasteiger partial charge in [-0.2, -0.15) is 17.5 Å². The van der Waals surface area contributed by atoms with Crippen molar-refractivity contribution in [2.75, 3.05) is 12.8 Å². The Balaban J connectivity index is 2.51. The Morgan fingerprint density at radius 3 is 2.45 bits per heavy atom. The molecule has 2 unspecified atom stereocenters. The first kappa shape index (κ1) is 15.3. The van der Waals surface area contributed by atoms with Crippen LogP contribution in [0.1, 0.15) is 23.6 Å². The Bertz CT molecular complexity index is 600. The minimum absolute atomic E-state index is 0.0415. The first-order valence-electron chi connectivity index (χ1n) is 5.91. The molecule has 0 aliphatic carbocycles. The standard InChI is InChI=1S/C12H14F3NO3S/c1-20(18,19)16-7-8(17)6-11(16)9-4-2-3-5-10(9)12(13,14)15/h2-5,8,11,17H,6-7H2,1H3. The van der Waals surface area contributed by atoms with Gasteiger partial charge in [-0.15, -0.1) is 0 Å². The zero-order chi connectivity index (χ0) is 15.1. The number of alkyl halides is 3. The lowest BCUT2D eigenvalue weighted by atomic mass is 9.98. The van der Waals surface area contributed by atoms with Crippen LogP contribution in [0.4, 0.5) is 13.2 Å². The molecule has 0 spiro atoms. The van der Waals surface area contributed by atoms with Crippen LogP contribution in [0.2, 0.25) is 0 Å². The van der Waals surface area contributed by atoms with E-state index >= 15 is 0 Å². The summed E-state index contributed by atoms with van der Waals surface area (Å²) in [6, 6.07) is 3.86. The van der Waals surface area contributed by atoms with Crippen LogP contribution >= 0.6 is 0 Å². The first-order valence-corrected chi connectivity index (χ1v) is 7.76. The molecule has 0 radical (unpaired) electrons. The summed E-state index contributed by atoms with van der Waals surface area (Å²) < 4.78 is 63.2. The number of hydrogen-bond donors (Lipinski definition) is 1. The highest BCUT2D eigenvalue weighted by atomic mass is 32.2. The molecule has 0 amide bonds. The molecule has 0 saturated carbocycles. The van der Waals surface area contributed by atoms with Crippen molar-refractivity contribution in [3.05, 3.63) is 35.4 Å². The number of sulfonamides is 1. The van der Waals surface area contributed by atoms with E-state index in [2.05, 4.69) is 0 Å². The third-order valence-electron chi connectivity index (χ3n) is 3.28. The molecule has 1 aliphatic heterocycles. The van der Waals surface area contributed by atoms with Crippen molar-refractivity contribution in [1.82, 2.24) is 4.31 Å². The van der Waals surface area contributed by atoms with E-state index in [0.717, 1.165) is 16.6 Å². The van der Waals surface area contributed by atoms with Gasteiger partial charge in [0.15, 0.2) is 0 Å². The second-order valence-electron chi connectivity index (χ2n) is 4.82. The minimum atomic E-state index is -4.56. The average Bonchev–Trinajstić information content (AvgIpc) is 2.70. The Labute approximate surface area is 114 Å². The molecule has 1 fully saturated rings. The van der Waals surface area contributed by atoms with Gasteiger partial charge in [-0.25, -0.2) is 8.42 Å². The fourth-order valence-corrected chi connectivity index (χ4v) is 3.58. The van der Waals surface area contributed by atoms with Crippen molar-refractivity contribution in [2.24, 2.45) is 0 Å². The van der Waals surface area contributed by atoms with E-state index < -0.39 is 33.9 Å². The molecule has 112 valence electrons. The number of nitrogens with zero attached hydrogens (tertiary/aromatic N) is 1. The van der Waals surface area contributed by atoms with Crippen molar-refractivity contribution < 1.29 is 26.7 Å². The van der Waals surface area contributed by atoms with Gasteiger partial charge in [0.25, 0.3) is 0 Å². The SMILES string of the molecule is CS(=O)(=O)N1CC(O)CC1c1ccccc1C(F)(F)F. The fourth-order valence-electron chi connectivity index (χ4n) is 2.48. The maximum atomic E-state index is 13.0. The van der Waals surface area contributed by atoms with Gasteiger partial charge in [-0.05, 0) is 18.1 Å². The first-order chi connectivity index (χ1) is 9.10. The summed E-state index contributed by atoms with van der Waals surface area (Å²) in [5.41, 5.74) is -0.991. The topological polar surface area (TPSA) is 57.6 Å². The molecule has 1 heterocycles. The van der Waals surface area contributed by atoms with Gasteiger partial charge >= 0.3 is 6.18 Å². The van der Waals surface area contributed by atoms with Gasteiger partial charge in [-0.1, -0.05) is 18.2 Å². The lowest BCUT2D eigenvalue weighted by molar-refractivity contribution is -0.138. The number of rotatable bonds is 2. The summed E-state index contributed by atoms with van der Waals surface area (Å²) in [6.45, 7) is -0.185. The van der Waals surface area contributed by atoms with Gasteiger partial charge in [-0.3, -0.25) is 0 Å².